The topological polar surface area (TPSA) is 70.1 Å². The summed E-state index contributed by atoms with van der Waals surface area (Å²) in [7, 11) is 0. The number of carbonyl (C=O) groups is 2. The van der Waals surface area contributed by atoms with Crippen molar-refractivity contribution in [1.82, 2.24) is 9.80 Å². The van der Waals surface area contributed by atoms with E-state index in [-0.39, 0.29) is 28.9 Å². The summed E-state index contributed by atoms with van der Waals surface area (Å²) in [5.41, 5.74) is 0.652. The molecule has 8 heteroatoms. The minimum Gasteiger partial charge on any atom is -0.491 e. The van der Waals surface area contributed by atoms with Crippen LogP contribution >= 0.6 is 11.6 Å². The van der Waals surface area contributed by atoms with Crippen LogP contribution in [0.1, 0.15) is 34.1 Å². The summed E-state index contributed by atoms with van der Waals surface area (Å²) in [6.07, 6.45) is -0.250. The standard InChI is InChI=1S/C23H26ClFN2O4/c1-2-22(29)16-3-6-19(7-4-16)31-15-18(28)14-26-9-11-27(12-10-26)23(30)20-8-5-17(24)13-21(20)25/h3-8,13,18,28H,2,9-12,14-15H2,1H3. The van der Waals surface area contributed by atoms with Crippen molar-refractivity contribution in [3.8, 4) is 5.75 Å². The third kappa shape index (κ3) is 6.26. The Morgan fingerprint density at radius 3 is 2.42 bits per heavy atom. The number of β-amino-alcohol motifs (C(OH)–C–C–N with tert-alkyl or cyclic N) is 1. The van der Waals surface area contributed by atoms with Gasteiger partial charge >= 0.3 is 0 Å². The summed E-state index contributed by atoms with van der Waals surface area (Å²) in [5, 5.41) is 10.5. The number of hydrogen-bond acceptors (Lipinski definition) is 5. The van der Waals surface area contributed by atoms with Gasteiger partial charge in [-0.15, -0.1) is 0 Å². The highest BCUT2D eigenvalue weighted by Gasteiger charge is 2.25. The van der Waals surface area contributed by atoms with Gasteiger partial charge in [-0.2, -0.15) is 0 Å². The lowest BCUT2D eigenvalue weighted by atomic mass is 10.1. The molecule has 1 fully saturated rings. The Hall–Kier alpha value is -2.48. The molecule has 3 rings (SSSR count). The number of piperazine rings is 1. The fourth-order valence-electron chi connectivity index (χ4n) is 3.45. The molecule has 0 aliphatic carbocycles. The van der Waals surface area contributed by atoms with E-state index in [9.17, 15) is 19.1 Å². The number of aliphatic hydroxyl groups is 1. The quantitative estimate of drug-likeness (QED) is 0.628. The van der Waals surface area contributed by atoms with E-state index in [1.54, 1.807) is 29.2 Å². The van der Waals surface area contributed by atoms with E-state index in [4.69, 9.17) is 16.3 Å². The fraction of sp³-hybridized carbons (Fsp3) is 0.391. The van der Waals surface area contributed by atoms with E-state index in [0.29, 0.717) is 50.5 Å². The first kappa shape index (κ1) is 23.2. The average Bonchev–Trinajstić information content (AvgIpc) is 2.77. The van der Waals surface area contributed by atoms with Crippen LogP contribution in [0.25, 0.3) is 0 Å². The third-order valence-corrected chi connectivity index (χ3v) is 5.46. The first-order valence-corrected chi connectivity index (χ1v) is 10.7. The molecule has 1 heterocycles. The summed E-state index contributed by atoms with van der Waals surface area (Å²) in [6.45, 7) is 4.38. The molecule has 1 atom stereocenters. The van der Waals surface area contributed by atoms with Crippen molar-refractivity contribution in [3.63, 3.8) is 0 Å². The number of aliphatic hydroxyl groups excluding tert-OH is 1. The molecular formula is C23H26ClFN2O4. The molecule has 0 radical (unpaired) electrons. The second-order valence-electron chi connectivity index (χ2n) is 7.48. The van der Waals surface area contributed by atoms with Gasteiger partial charge in [-0.3, -0.25) is 14.5 Å². The van der Waals surface area contributed by atoms with Gasteiger partial charge in [-0.25, -0.2) is 4.39 Å². The third-order valence-electron chi connectivity index (χ3n) is 5.23. The second kappa shape index (κ2) is 10.7. The number of ether oxygens (including phenoxy) is 1. The first-order chi connectivity index (χ1) is 14.9. The largest absolute Gasteiger partial charge is 0.491 e. The number of carbonyl (C=O) groups excluding carboxylic acids is 2. The van der Waals surface area contributed by atoms with Crippen molar-refractivity contribution < 1.29 is 23.8 Å². The SMILES string of the molecule is CCC(=O)c1ccc(OCC(O)CN2CCN(C(=O)c3ccc(Cl)cc3F)CC2)cc1. The maximum Gasteiger partial charge on any atom is 0.256 e. The van der Waals surface area contributed by atoms with E-state index in [1.807, 2.05) is 11.8 Å². The fourth-order valence-corrected chi connectivity index (χ4v) is 3.61. The van der Waals surface area contributed by atoms with Crippen LogP contribution in [0.3, 0.4) is 0 Å². The molecule has 31 heavy (non-hydrogen) atoms. The maximum absolute atomic E-state index is 14.0. The van der Waals surface area contributed by atoms with Crippen molar-refractivity contribution in [2.24, 2.45) is 0 Å². The number of Topliss-reactive ketones (excluding diaryl/α,β-unsaturated/α-hetero) is 1. The van der Waals surface area contributed by atoms with E-state index in [1.165, 1.54) is 12.1 Å². The Morgan fingerprint density at radius 1 is 1.13 bits per heavy atom. The number of halogens is 2. The maximum atomic E-state index is 14.0. The average molecular weight is 449 g/mol. The molecule has 1 amide bonds. The van der Waals surface area contributed by atoms with Gasteiger partial charge in [-0.1, -0.05) is 18.5 Å². The van der Waals surface area contributed by atoms with Crippen LogP contribution in [0.4, 0.5) is 4.39 Å². The lowest BCUT2D eigenvalue weighted by Gasteiger charge is -2.35. The molecule has 6 nitrogen and oxygen atoms in total. The van der Waals surface area contributed by atoms with Crippen molar-refractivity contribution in [3.05, 3.63) is 64.4 Å². The minimum absolute atomic E-state index is 0.0120. The predicted molar refractivity (Wildman–Crippen MR) is 116 cm³/mol. The Morgan fingerprint density at radius 2 is 1.81 bits per heavy atom. The molecule has 0 saturated carbocycles. The molecule has 2 aromatic carbocycles. The number of ketones is 1. The van der Waals surface area contributed by atoms with Gasteiger partial charge in [0.2, 0.25) is 0 Å². The highest BCUT2D eigenvalue weighted by Crippen LogP contribution is 2.18. The van der Waals surface area contributed by atoms with Crippen LogP contribution in [0.15, 0.2) is 42.5 Å². The van der Waals surface area contributed by atoms with Gasteiger partial charge in [-0.05, 0) is 42.5 Å². The molecule has 0 spiro atoms. The molecule has 2 aromatic rings. The van der Waals surface area contributed by atoms with E-state index in [2.05, 4.69) is 0 Å². The van der Waals surface area contributed by atoms with Gasteiger partial charge in [0.1, 0.15) is 24.3 Å². The summed E-state index contributed by atoms with van der Waals surface area (Å²) in [6, 6.07) is 10.9. The lowest BCUT2D eigenvalue weighted by molar-refractivity contribution is 0.0401. The highest BCUT2D eigenvalue weighted by molar-refractivity contribution is 6.30. The van der Waals surface area contributed by atoms with Gasteiger partial charge in [0, 0.05) is 49.7 Å². The van der Waals surface area contributed by atoms with Gasteiger partial charge in [0.25, 0.3) is 5.91 Å². The van der Waals surface area contributed by atoms with Crippen LogP contribution < -0.4 is 4.74 Å². The number of hydrogen-bond donors (Lipinski definition) is 1. The lowest BCUT2D eigenvalue weighted by Crippen LogP contribution is -2.51. The van der Waals surface area contributed by atoms with Crippen LogP contribution in [0.5, 0.6) is 5.75 Å². The second-order valence-corrected chi connectivity index (χ2v) is 7.92. The summed E-state index contributed by atoms with van der Waals surface area (Å²) >= 11 is 5.75. The number of benzene rings is 2. The molecule has 1 aliphatic rings. The Labute approximate surface area is 186 Å². The molecule has 0 bridgehead atoms. The van der Waals surface area contributed by atoms with Gasteiger partial charge in [0.15, 0.2) is 5.78 Å². The highest BCUT2D eigenvalue weighted by atomic mass is 35.5. The number of nitrogens with zero attached hydrogens (tertiary/aromatic N) is 2. The summed E-state index contributed by atoms with van der Waals surface area (Å²) in [5.74, 6) is -0.322. The van der Waals surface area contributed by atoms with Crippen molar-refractivity contribution in [2.45, 2.75) is 19.4 Å². The molecule has 0 aromatic heterocycles. The normalized spacial score (nSPS) is 15.5. The van der Waals surface area contributed by atoms with Crippen LogP contribution in [0, 0.1) is 5.82 Å². The van der Waals surface area contributed by atoms with Crippen LogP contribution in [0.2, 0.25) is 5.02 Å². The van der Waals surface area contributed by atoms with Gasteiger partial charge in [0.05, 0.1) is 5.56 Å². The smallest absolute Gasteiger partial charge is 0.256 e. The van der Waals surface area contributed by atoms with E-state index < -0.39 is 11.9 Å². The van der Waals surface area contributed by atoms with Crippen molar-refractivity contribution in [2.75, 3.05) is 39.3 Å². The first-order valence-electron chi connectivity index (χ1n) is 10.3. The predicted octanol–water partition coefficient (Wildman–Crippen LogP) is 3.27. The molecule has 1 unspecified atom stereocenters. The zero-order valence-electron chi connectivity index (χ0n) is 17.4. The summed E-state index contributed by atoms with van der Waals surface area (Å²) < 4.78 is 19.6. The molecule has 166 valence electrons. The summed E-state index contributed by atoms with van der Waals surface area (Å²) in [4.78, 5) is 27.8. The monoisotopic (exact) mass is 448 g/mol. The Kier molecular flexibility index (Phi) is 8.01. The van der Waals surface area contributed by atoms with E-state index >= 15 is 0 Å². The zero-order valence-corrected chi connectivity index (χ0v) is 18.1. The van der Waals surface area contributed by atoms with Crippen molar-refractivity contribution in [1.29, 1.82) is 0 Å². The number of rotatable bonds is 8. The van der Waals surface area contributed by atoms with Crippen LogP contribution in [-0.2, 0) is 0 Å². The Bertz CT molecular complexity index is 914. The van der Waals surface area contributed by atoms with Gasteiger partial charge < -0.3 is 14.7 Å². The van der Waals surface area contributed by atoms with Crippen LogP contribution in [-0.4, -0.2) is 72.0 Å². The molecular weight excluding hydrogens is 423 g/mol. The molecule has 1 N–H and O–H groups in total. The Balaban J connectivity index is 1.43. The minimum atomic E-state index is -0.701. The molecule has 1 aliphatic heterocycles. The zero-order chi connectivity index (χ0) is 22.4. The molecule has 1 saturated heterocycles. The van der Waals surface area contributed by atoms with Crippen molar-refractivity contribution >= 4 is 23.3 Å². The van der Waals surface area contributed by atoms with E-state index in [0.717, 1.165) is 6.07 Å². The number of amides is 1.